The van der Waals surface area contributed by atoms with Crippen molar-refractivity contribution in [3.63, 3.8) is 0 Å². The van der Waals surface area contributed by atoms with E-state index in [-0.39, 0.29) is 0 Å². The van der Waals surface area contributed by atoms with Gasteiger partial charge in [0.05, 0.1) is 0 Å². The Bertz CT molecular complexity index is 529. The van der Waals surface area contributed by atoms with E-state index in [1.54, 1.807) is 0 Å². The third-order valence-electron chi connectivity index (χ3n) is 2.35. The van der Waals surface area contributed by atoms with E-state index in [0.717, 1.165) is 16.7 Å². The van der Waals surface area contributed by atoms with Crippen LogP contribution in [0.3, 0.4) is 0 Å². The molecule has 2 rings (SSSR count). The zero-order chi connectivity index (χ0) is 12.3. The van der Waals surface area contributed by atoms with Crippen LogP contribution in [-0.2, 0) is 6.54 Å². The molecule has 88 valence electrons. The summed E-state index contributed by atoms with van der Waals surface area (Å²) in [5.74, 6) is 0. The predicted octanol–water partition coefficient (Wildman–Crippen LogP) is 4.37. The molecular weight excluding hydrogens is 391 g/mol. The van der Waals surface area contributed by atoms with E-state index in [2.05, 4.69) is 80.0 Å². The first kappa shape index (κ1) is 12.8. The largest absolute Gasteiger partial charge is 0.381 e. The summed E-state index contributed by atoms with van der Waals surface area (Å²) < 4.78 is 2.33. The lowest BCUT2D eigenvalue weighted by atomic mass is 10.2. The first-order chi connectivity index (χ1) is 8.15. The zero-order valence-electron chi connectivity index (χ0n) is 9.37. The Balaban J connectivity index is 2.05. The number of pyridine rings is 1. The number of rotatable bonds is 3. The number of hydrogen-bond acceptors (Lipinski definition) is 2. The molecule has 0 fully saturated rings. The third kappa shape index (κ3) is 3.67. The number of nitrogens with one attached hydrogen (secondary N) is 1. The molecule has 0 spiro atoms. The van der Waals surface area contributed by atoms with Crippen molar-refractivity contribution >= 4 is 44.2 Å². The van der Waals surface area contributed by atoms with E-state index < -0.39 is 0 Å². The van der Waals surface area contributed by atoms with E-state index in [4.69, 9.17) is 0 Å². The fourth-order valence-electron chi connectivity index (χ4n) is 1.52. The molecule has 0 atom stereocenters. The number of nitrogens with zero attached hydrogens (tertiary/aromatic N) is 1. The summed E-state index contributed by atoms with van der Waals surface area (Å²) in [4.78, 5) is 4.18. The Morgan fingerprint density at radius 3 is 2.82 bits per heavy atom. The van der Waals surface area contributed by atoms with Gasteiger partial charge in [-0.15, -0.1) is 0 Å². The van der Waals surface area contributed by atoms with Crippen LogP contribution in [0.2, 0.25) is 0 Å². The van der Waals surface area contributed by atoms with Gasteiger partial charge in [-0.05, 0) is 74.8 Å². The molecule has 1 aromatic carbocycles. The molecule has 1 heterocycles. The van der Waals surface area contributed by atoms with E-state index in [9.17, 15) is 0 Å². The van der Waals surface area contributed by atoms with Crippen molar-refractivity contribution in [2.45, 2.75) is 13.5 Å². The summed E-state index contributed by atoms with van der Waals surface area (Å²) in [5, 5.41) is 3.38. The molecule has 0 amide bonds. The summed E-state index contributed by atoms with van der Waals surface area (Å²) >= 11 is 5.82. The number of aryl methyl sites for hydroxylation is 1. The lowest BCUT2D eigenvalue weighted by Gasteiger charge is -2.08. The summed E-state index contributed by atoms with van der Waals surface area (Å²) in [5.41, 5.74) is 3.49. The van der Waals surface area contributed by atoms with Gasteiger partial charge in [0, 0.05) is 32.7 Å². The first-order valence-electron chi connectivity index (χ1n) is 5.24. The van der Waals surface area contributed by atoms with Crippen LogP contribution in [-0.4, -0.2) is 4.98 Å². The van der Waals surface area contributed by atoms with Gasteiger partial charge in [-0.1, -0.05) is 6.07 Å². The zero-order valence-corrected chi connectivity index (χ0v) is 13.1. The number of aromatic nitrogens is 1. The smallest absolute Gasteiger partial charge is 0.0416 e. The molecule has 0 unspecified atom stereocenters. The van der Waals surface area contributed by atoms with Crippen molar-refractivity contribution in [1.29, 1.82) is 0 Å². The van der Waals surface area contributed by atoms with E-state index in [0.29, 0.717) is 0 Å². The SMILES string of the molecule is Cc1cncc(CNc2ccc(I)c(Br)c2)c1. The minimum atomic E-state index is 0.793. The minimum absolute atomic E-state index is 0.793. The Morgan fingerprint density at radius 1 is 1.29 bits per heavy atom. The molecule has 0 aliphatic heterocycles. The molecule has 0 saturated carbocycles. The Morgan fingerprint density at radius 2 is 2.12 bits per heavy atom. The van der Waals surface area contributed by atoms with Crippen molar-refractivity contribution in [2.75, 3.05) is 5.32 Å². The molecule has 17 heavy (non-hydrogen) atoms. The van der Waals surface area contributed by atoms with E-state index in [1.807, 2.05) is 12.4 Å². The number of anilines is 1. The van der Waals surface area contributed by atoms with Crippen LogP contribution in [0, 0.1) is 10.5 Å². The van der Waals surface area contributed by atoms with Gasteiger partial charge in [0.2, 0.25) is 0 Å². The van der Waals surface area contributed by atoms with E-state index >= 15 is 0 Å². The molecule has 0 bridgehead atoms. The lowest BCUT2D eigenvalue weighted by Crippen LogP contribution is -2.00. The Labute approximate surface area is 123 Å². The number of hydrogen-bond donors (Lipinski definition) is 1. The monoisotopic (exact) mass is 402 g/mol. The normalized spacial score (nSPS) is 10.3. The van der Waals surface area contributed by atoms with E-state index in [1.165, 1.54) is 14.7 Å². The van der Waals surface area contributed by atoms with Crippen LogP contribution in [0.5, 0.6) is 0 Å². The predicted molar refractivity (Wildman–Crippen MR) is 83.2 cm³/mol. The van der Waals surface area contributed by atoms with Crippen LogP contribution in [0.15, 0.2) is 41.1 Å². The maximum atomic E-state index is 4.18. The second kappa shape index (κ2) is 5.82. The molecule has 0 saturated heterocycles. The van der Waals surface area contributed by atoms with Crippen molar-refractivity contribution < 1.29 is 0 Å². The highest BCUT2D eigenvalue weighted by molar-refractivity contribution is 14.1. The maximum Gasteiger partial charge on any atom is 0.0416 e. The van der Waals surface area contributed by atoms with Gasteiger partial charge in [0.1, 0.15) is 0 Å². The summed E-state index contributed by atoms with van der Waals surface area (Å²) in [7, 11) is 0. The minimum Gasteiger partial charge on any atom is -0.381 e. The van der Waals surface area contributed by atoms with Gasteiger partial charge in [-0.2, -0.15) is 0 Å². The van der Waals surface area contributed by atoms with Crippen molar-refractivity contribution in [2.24, 2.45) is 0 Å². The average molecular weight is 403 g/mol. The van der Waals surface area contributed by atoms with Crippen molar-refractivity contribution in [1.82, 2.24) is 4.98 Å². The fraction of sp³-hybridized carbons (Fsp3) is 0.154. The first-order valence-corrected chi connectivity index (χ1v) is 7.12. The van der Waals surface area contributed by atoms with Crippen LogP contribution in [0.1, 0.15) is 11.1 Å². The van der Waals surface area contributed by atoms with Gasteiger partial charge in [0.25, 0.3) is 0 Å². The highest BCUT2D eigenvalue weighted by Crippen LogP contribution is 2.23. The van der Waals surface area contributed by atoms with Crippen LogP contribution < -0.4 is 5.32 Å². The molecular formula is C13H12BrIN2. The standard InChI is InChI=1S/C13H12BrIN2/c1-9-4-10(7-16-6-9)8-17-11-2-3-13(15)12(14)5-11/h2-7,17H,8H2,1H3. The molecule has 0 aliphatic carbocycles. The number of benzene rings is 1. The van der Waals surface area contributed by atoms with Gasteiger partial charge in [0.15, 0.2) is 0 Å². The molecule has 2 aromatic rings. The summed E-state index contributed by atoms with van der Waals surface area (Å²) in [6, 6.07) is 8.39. The molecule has 0 aliphatic rings. The van der Waals surface area contributed by atoms with Crippen LogP contribution >= 0.6 is 38.5 Å². The molecule has 0 radical (unpaired) electrons. The quantitative estimate of drug-likeness (QED) is 0.771. The Kier molecular flexibility index (Phi) is 4.39. The van der Waals surface area contributed by atoms with Crippen molar-refractivity contribution in [3.8, 4) is 0 Å². The number of halogens is 2. The highest BCUT2D eigenvalue weighted by atomic mass is 127. The van der Waals surface area contributed by atoms with Crippen LogP contribution in [0.4, 0.5) is 5.69 Å². The van der Waals surface area contributed by atoms with Gasteiger partial charge in [-0.3, -0.25) is 4.98 Å². The van der Waals surface area contributed by atoms with Crippen LogP contribution in [0.25, 0.3) is 0 Å². The highest BCUT2D eigenvalue weighted by Gasteiger charge is 1.99. The summed E-state index contributed by atoms with van der Waals surface area (Å²) in [6.45, 7) is 2.85. The Hall–Kier alpha value is -0.620. The second-order valence-electron chi connectivity index (χ2n) is 3.85. The summed E-state index contributed by atoms with van der Waals surface area (Å²) in [6.07, 6.45) is 3.76. The molecule has 1 N–H and O–H groups in total. The topological polar surface area (TPSA) is 24.9 Å². The third-order valence-corrected chi connectivity index (χ3v) is 4.69. The molecule has 2 nitrogen and oxygen atoms in total. The van der Waals surface area contributed by atoms with Gasteiger partial charge < -0.3 is 5.32 Å². The van der Waals surface area contributed by atoms with Crippen molar-refractivity contribution in [3.05, 3.63) is 55.8 Å². The van der Waals surface area contributed by atoms with Gasteiger partial charge >= 0.3 is 0 Å². The second-order valence-corrected chi connectivity index (χ2v) is 5.87. The fourth-order valence-corrected chi connectivity index (χ4v) is 2.24. The molecule has 1 aromatic heterocycles. The maximum absolute atomic E-state index is 4.18. The average Bonchev–Trinajstić information content (AvgIpc) is 2.31. The lowest BCUT2D eigenvalue weighted by molar-refractivity contribution is 1.10. The van der Waals surface area contributed by atoms with Gasteiger partial charge in [-0.25, -0.2) is 0 Å². The molecule has 4 heteroatoms.